The second kappa shape index (κ2) is 4.17. The molecule has 86 valence electrons. The van der Waals surface area contributed by atoms with Crippen molar-refractivity contribution in [3.8, 4) is 5.75 Å². The number of nitrogens with two attached hydrogens (primary N) is 2. The highest BCUT2D eigenvalue weighted by Gasteiger charge is 2.05. The molecule has 4 N–H and O–H groups in total. The first kappa shape index (κ1) is 11.0. The van der Waals surface area contributed by atoms with Gasteiger partial charge in [-0.2, -0.15) is 0 Å². The van der Waals surface area contributed by atoms with E-state index in [-0.39, 0.29) is 0 Å². The van der Waals surface area contributed by atoms with E-state index in [9.17, 15) is 4.79 Å². The molecule has 0 aromatic heterocycles. The molecule has 2 aromatic rings. The first-order chi connectivity index (χ1) is 8.11. The zero-order valence-electron chi connectivity index (χ0n) is 9.14. The fourth-order valence-corrected chi connectivity index (χ4v) is 1.57. The number of carbonyl (C=O) groups is 1. The number of anilines is 2. The van der Waals surface area contributed by atoms with Crippen molar-refractivity contribution in [1.29, 1.82) is 0 Å². The summed E-state index contributed by atoms with van der Waals surface area (Å²) in [6.45, 7) is 3.33. The molecule has 0 fully saturated rings. The third kappa shape index (κ3) is 2.06. The fourth-order valence-electron chi connectivity index (χ4n) is 1.57. The lowest BCUT2D eigenvalue weighted by Gasteiger charge is -2.07. The van der Waals surface area contributed by atoms with Crippen LogP contribution < -0.4 is 16.2 Å². The molecule has 0 amide bonds. The third-order valence-corrected chi connectivity index (χ3v) is 2.45. The molecule has 2 aromatic carbocycles. The van der Waals surface area contributed by atoms with Crippen molar-refractivity contribution in [2.24, 2.45) is 0 Å². The molecule has 0 spiro atoms. The molecular weight excluding hydrogens is 216 g/mol. The third-order valence-electron chi connectivity index (χ3n) is 2.45. The highest BCUT2D eigenvalue weighted by molar-refractivity contribution is 5.99. The largest absolute Gasteiger partial charge is 0.423 e. The summed E-state index contributed by atoms with van der Waals surface area (Å²) >= 11 is 0. The van der Waals surface area contributed by atoms with Gasteiger partial charge in [0.05, 0.1) is 11.4 Å². The smallest absolute Gasteiger partial charge is 0.335 e. The average molecular weight is 228 g/mol. The zero-order chi connectivity index (χ0) is 12.4. The van der Waals surface area contributed by atoms with Crippen LogP contribution in [0.5, 0.6) is 5.75 Å². The summed E-state index contributed by atoms with van der Waals surface area (Å²) in [4.78, 5) is 11.1. The predicted octanol–water partition coefficient (Wildman–Crippen LogP) is 2.10. The van der Waals surface area contributed by atoms with Crippen LogP contribution in [0.25, 0.3) is 10.8 Å². The Kier molecular flexibility index (Phi) is 2.70. The molecular formula is C13H12N2O2. The molecule has 0 radical (unpaired) electrons. The quantitative estimate of drug-likeness (QED) is 0.357. The van der Waals surface area contributed by atoms with Gasteiger partial charge in [-0.3, -0.25) is 0 Å². The standard InChI is InChI=1S/C13H12N2O2/c1-2-12(16)17-9-4-5-10-8(7-9)3-6-11(14)13(10)15/h2-7H,1,14-15H2. The van der Waals surface area contributed by atoms with Crippen LogP contribution in [-0.2, 0) is 4.79 Å². The number of hydrogen-bond acceptors (Lipinski definition) is 4. The predicted molar refractivity (Wildman–Crippen MR) is 68.6 cm³/mol. The summed E-state index contributed by atoms with van der Waals surface area (Å²) in [7, 11) is 0. The summed E-state index contributed by atoms with van der Waals surface area (Å²) in [5.41, 5.74) is 12.6. The van der Waals surface area contributed by atoms with Gasteiger partial charge in [-0.1, -0.05) is 12.6 Å². The van der Waals surface area contributed by atoms with E-state index in [0.29, 0.717) is 17.1 Å². The lowest BCUT2D eigenvalue weighted by atomic mass is 10.1. The van der Waals surface area contributed by atoms with E-state index in [0.717, 1.165) is 16.8 Å². The SMILES string of the molecule is C=CC(=O)Oc1ccc2c(N)c(N)ccc2c1. The van der Waals surface area contributed by atoms with E-state index in [1.165, 1.54) is 0 Å². The number of hydrogen-bond donors (Lipinski definition) is 2. The molecule has 0 aliphatic carbocycles. The molecule has 2 rings (SSSR count). The van der Waals surface area contributed by atoms with E-state index >= 15 is 0 Å². The summed E-state index contributed by atoms with van der Waals surface area (Å²) in [5, 5.41) is 1.70. The van der Waals surface area contributed by atoms with Gasteiger partial charge in [0.15, 0.2) is 0 Å². The normalized spacial score (nSPS) is 10.1. The molecule has 0 unspecified atom stereocenters. The number of rotatable bonds is 2. The molecule has 4 nitrogen and oxygen atoms in total. The Labute approximate surface area is 98.5 Å². The Morgan fingerprint density at radius 1 is 1.24 bits per heavy atom. The van der Waals surface area contributed by atoms with E-state index in [2.05, 4.69) is 6.58 Å². The number of nitrogen functional groups attached to an aromatic ring is 2. The zero-order valence-corrected chi connectivity index (χ0v) is 9.14. The van der Waals surface area contributed by atoms with Gasteiger partial charge in [-0.25, -0.2) is 4.79 Å². The second-order valence-corrected chi connectivity index (χ2v) is 3.58. The van der Waals surface area contributed by atoms with E-state index in [1.807, 2.05) is 6.07 Å². The van der Waals surface area contributed by atoms with Crippen molar-refractivity contribution < 1.29 is 9.53 Å². The second-order valence-electron chi connectivity index (χ2n) is 3.58. The maximum absolute atomic E-state index is 11.1. The van der Waals surface area contributed by atoms with Gasteiger partial charge in [0.25, 0.3) is 0 Å². The molecule has 0 saturated heterocycles. The van der Waals surface area contributed by atoms with Gasteiger partial charge in [-0.15, -0.1) is 0 Å². The van der Waals surface area contributed by atoms with Crippen LogP contribution in [0.3, 0.4) is 0 Å². The number of fused-ring (bicyclic) bond motifs is 1. The highest BCUT2D eigenvalue weighted by atomic mass is 16.5. The first-order valence-electron chi connectivity index (χ1n) is 5.04. The maximum Gasteiger partial charge on any atom is 0.335 e. The van der Waals surface area contributed by atoms with Crippen LogP contribution in [0.2, 0.25) is 0 Å². The van der Waals surface area contributed by atoms with Crippen LogP contribution in [0.4, 0.5) is 11.4 Å². The molecule has 0 heterocycles. The number of ether oxygens (including phenoxy) is 1. The molecule has 4 heteroatoms. The van der Waals surface area contributed by atoms with Gasteiger partial charge in [-0.05, 0) is 29.7 Å². The van der Waals surface area contributed by atoms with Crippen molar-refractivity contribution in [1.82, 2.24) is 0 Å². The van der Waals surface area contributed by atoms with Gasteiger partial charge < -0.3 is 16.2 Å². The van der Waals surface area contributed by atoms with Gasteiger partial charge in [0, 0.05) is 11.5 Å². The van der Waals surface area contributed by atoms with E-state index in [1.54, 1.807) is 24.3 Å². The van der Waals surface area contributed by atoms with Crippen LogP contribution >= 0.6 is 0 Å². The van der Waals surface area contributed by atoms with E-state index < -0.39 is 5.97 Å². The topological polar surface area (TPSA) is 78.3 Å². The van der Waals surface area contributed by atoms with Crippen molar-refractivity contribution in [2.45, 2.75) is 0 Å². The summed E-state index contributed by atoms with van der Waals surface area (Å²) < 4.78 is 5.01. The Hall–Kier alpha value is -2.49. The Balaban J connectivity index is 2.48. The number of carbonyl (C=O) groups excluding carboxylic acids is 1. The first-order valence-corrected chi connectivity index (χ1v) is 5.04. The molecule has 0 bridgehead atoms. The monoisotopic (exact) mass is 228 g/mol. The van der Waals surface area contributed by atoms with Gasteiger partial charge >= 0.3 is 5.97 Å². The molecule has 0 aliphatic heterocycles. The van der Waals surface area contributed by atoms with E-state index in [4.69, 9.17) is 16.2 Å². The average Bonchev–Trinajstić information content (AvgIpc) is 2.34. The van der Waals surface area contributed by atoms with Crippen molar-refractivity contribution >= 4 is 28.1 Å². The summed E-state index contributed by atoms with van der Waals surface area (Å²) in [6.07, 6.45) is 1.11. The van der Waals surface area contributed by atoms with Crippen molar-refractivity contribution in [2.75, 3.05) is 11.5 Å². The minimum atomic E-state index is -0.493. The lowest BCUT2D eigenvalue weighted by Crippen LogP contribution is -2.03. The number of esters is 1. The molecule has 17 heavy (non-hydrogen) atoms. The van der Waals surface area contributed by atoms with Gasteiger partial charge in [0.1, 0.15) is 5.75 Å². The summed E-state index contributed by atoms with van der Waals surface area (Å²) in [6, 6.07) is 8.71. The number of benzene rings is 2. The molecule has 0 atom stereocenters. The van der Waals surface area contributed by atoms with Crippen molar-refractivity contribution in [3.05, 3.63) is 43.0 Å². The Bertz CT molecular complexity index is 606. The molecule has 0 saturated carbocycles. The van der Waals surface area contributed by atoms with Gasteiger partial charge in [0.2, 0.25) is 0 Å². The van der Waals surface area contributed by atoms with Crippen LogP contribution in [-0.4, -0.2) is 5.97 Å². The Morgan fingerprint density at radius 2 is 2.00 bits per heavy atom. The maximum atomic E-state index is 11.1. The van der Waals surface area contributed by atoms with Crippen LogP contribution in [0.15, 0.2) is 43.0 Å². The Morgan fingerprint density at radius 3 is 2.71 bits per heavy atom. The van der Waals surface area contributed by atoms with Crippen LogP contribution in [0, 0.1) is 0 Å². The highest BCUT2D eigenvalue weighted by Crippen LogP contribution is 2.29. The minimum Gasteiger partial charge on any atom is -0.423 e. The molecule has 0 aliphatic rings. The van der Waals surface area contributed by atoms with Crippen molar-refractivity contribution in [3.63, 3.8) is 0 Å². The fraction of sp³-hybridized carbons (Fsp3) is 0. The van der Waals surface area contributed by atoms with Crippen LogP contribution in [0.1, 0.15) is 0 Å². The lowest BCUT2D eigenvalue weighted by molar-refractivity contribution is -0.128. The summed E-state index contributed by atoms with van der Waals surface area (Å²) in [5.74, 6) is -0.0423. The minimum absolute atomic E-state index is 0.451.